The van der Waals surface area contributed by atoms with E-state index in [0.717, 1.165) is 0 Å². The zero-order valence-electron chi connectivity index (χ0n) is 6.43. The number of anilines is 1. The van der Waals surface area contributed by atoms with E-state index in [1.165, 1.54) is 6.07 Å². The van der Waals surface area contributed by atoms with Gasteiger partial charge in [-0.15, -0.1) is 0 Å². The fourth-order valence-corrected chi connectivity index (χ4v) is 1.73. The summed E-state index contributed by atoms with van der Waals surface area (Å²) in [5.74, 6) is -0.404. The monoisotopic (exact) mass is 217 g/mol. The minimum Gasteiger partial charge on any atom is -0.457 e. The Balaban J connectivity index is 2.74. The Morgan fingerprint density at radius 1 is 1.46 bits per heavy atom. The van der Waals surface area contributed by atoms with Gasteiger partial charge >= 0.3 is 5.97 Å². The van der Waals surface area contributed by atoms with Crippen molar-refractivity contribution < 1.29 is 9.53 Å². The number of esters is 1. The molecule has 0 amide bonds. The first-order chi connectivity index (χ1) is 6.11. The third kappa shape index (κ3) is 1.16. The number of cyclic esters (lactones) is 1. The highest BCUT2D eigenvalue weighted by Gasteiger charge is 2.26. The van der Waals surface area contributed by atoms with E-state index in [4.69, 9.17) is 33.7 Å². The Bertz CT molecular complexity index is 404. The number of fused-ring (bicyclic) bond motifs is 1. The molecule has 0 unspecified atom stereocenters. The quantitative estimate of drug-likeness (QED) is 0.536. The lowest BCUT2D eigenvalue weighted by Crippen LogP contribution is -1.96. The number of carbonyl (C=O) groups is 1. The molecule has 0 saturated heterocycles. The molecule has 0 fully saturated rings. The summed E-state index contributed by atoms with van der Waals surface area (Å²) in [7, 11) is 0. The summed E-state index contributed by atoms with van der Waals surface area (Å²) in [6, 6.07) is 1.48. The number of ether oxygens (including phenoxy) is 1. The Hall–Kier alpha value is -0.930. The maximum absolute atomic E-state index is 11.1. The second-order valence-corrected chi connectivity index (χ2v) is 3.47. The molecule has 0 radical (unpaired) electrons. The van der Waals surface area contributed by atoms with Crippen LogP contribution in [-0.2, 0) is 11.3 Å². The van der Waals surface area contributed by atoms with E-state index in [9.17, 15) is 4.79 Å². The Kier molecular flexibility index (Phi) is 1.86. The van der Waals surface area contributed by atoms with Crippen LogP contribution in [-0.4, -0.2) is 5.97 Å². The van der Waals surface area contributed by atoms with Crippen LogP contribution in [0.1, 0.15) is 15.9 Å². The third-order valence-electron chi connectivity index (χ3n) is 1.92. The van der Waals surface area contributed by atoms with E-state index >= 15 is 0 Å². The predicted molar refractivity (Wildman–Crippen MR) is 50.0 cm³/mol. The summed E-state index contributed by atoms with van der Waals surface area (Å²) < 4.78 is 4.78. The van der Waals surface area contributed by atoms with Crippen molar-refractivity contribution >= 4 is 34.9 Å². The van der Waals surface area contributed by atoms with E-state index in [2.05, 4.69) is 0 Å². The highest BCUT2D eigenvalue weighted by molar-refractivity contribution is 6.40. The molecule has 1 aromatic rings. The molecule has 0 aromatic heterocycles. The summed E-state index contributed by atoms with van der Waals surface area (Å²) in [4.78, 5) is 11.1. The normalized spacial score (nSPS) is 14.2. The van der Waals surface area contributed by atoms with Gasteiger partial charge in [0.2, 0.25) is 0 Å². The first-order valence-corrected chi connectivity index (χ1v) is 4.30. The van der Waals surface area contributed by atoms with Crippen LogP contribution in [0.25, 0.3) is 0 Å². The maximum Gasteiger partial charge on any atom is 0.338 e. The molecule has 0 bridgehead atoms. The van der Waals surface area contributed by atoms with E-state index in [-0.39, 0.29) is 11.6 Å². The first kappa shape index (κ1) is 8.66. The number of hydrogen-bond acceptors (Lipinski definition) is 3. The highest BCUT2D eigenvalue weighted by atomic mass is 35.5. The van der Waals surface area contributed by atoms with Crippen molar-refractivity contribution in [2.45, 2.75) is 6.61 Å². The first-order valence-electron chi connectivity index (χ1n) is 3.54. The average molecular weight is 218 g/mol. The SMILES string of the molecule is Nc1c(Cl)cc2c(c1Cl)COC2=O. The van der Waals surface area contributed by atoms with E-state index in [1.54, 1.807) is 0 Å². The standard InChI is InChI=1S/C8H5Cl2NO2/c9-5-1-3-4(2-13-8(3)12)6(10)7(5)11/h1H,2,11H2. The molecular weight excluding hydrogens is 213 g/mol. The molecule has 5 heteroatoms. The molecule has 2 rings (SSSR count). The van der Waals surface area contributed by atoms with Gasteiger partial charge in [0.05, 0.1) is 21.3 Å². The van der Waals surface area contributed by atoms with Gasteiger partial charge in [-0.05, 0) is 6.07 Å². The number of carbonyl (C=O) groups excluding carboxylic acids is 1. The van der Waals surface area contributed by atoms with Crippen LogP contribution in [0.5, 0.6) is 0 Å². The van der Waals surface area contributed by atoms with Crippen molar-refractivity contribution in [2.75, 3.05) is 5.73 Å². The molecule has 68 valence electrons. The summed E-state index contributed by atoms with van der Waals surface area (Å²) in [6.07, 6.45) is 0. The van der Waals surface area contributed by atoms with Crippen molar-refractivity contribution in [3.05, 3.63) is 27.2 Å². The summed E-state index contributed by atoms with van der Waals surface area (Å²) >= 11 is 11.6. The zero-order valence-corrected chi connectivity index (χ0v) is 7.95. The van der Waals surface area contributed by atoms with Gasteiger partial charge in [-0.25, -0.2) is 4.79 Å². The van der Waals surface area contributed by atoms with Crippen LogP contribution in [0.15, 0.2) is 6.07 Å². The maximum atomic E-state index is 11.1. The van der Waals surface area contributed by atoms with E-state index < -0.39 is 5.97 Å². The minimum atomic E-state index is -0.404. The van der Waals surface area contributed by atoms with Gasteiger partial charge in [0.15, 0.2) is 0 Å². The number of halogens is 2. The average Bonchev–Trinajstić information content (AvgIpc) is 2.45. The summed E-state index contributed by atoms with van der Waals surface area (Å²) in [5, 5.41) is 0.593. The minimum absolute atomic E-state index is 0.175. The van der Waals surface area contributed by atoms with Crippen molar-refractivity contribution in [2.24, 2.45) is 0 Å². The second-order valence-electron chi connectivity index (χ2n) is 2.69. The van der Waals surface area contributed by atoms with Crippen LogP contribution >= 0.6 is 23.2 Å². The van der Waals surface area contributed by atoms with Crippen molar-refractivity contribution in [1.82, 2.24) is 0 Å². The lowest BCUT2D eigenvalue weighted by atomic mass is 10.1. The highest BCUT2D eigenvalue weighted by Crippen LogP contribution is 2.36. The molecule has 1 aliphatic heterocycles. The Labute approximate surface area is 84.4 Å². The van der Waals surface area contributed by atoms with Gasteiger partial charge in [0, 0.05) is 5.56 Å². The van der Waals surface area contributed by atoms with Crippen LogP contribution in [0.3, 0.4) is 0 Å². The van der Waals surface area contributed by atoms with Gasteiger partial charge < -0.3 is 10.5 Å². The Morgan fingerprint density at radius 3 is 2.85 bits per heavy atom. The molecule has 13 heavy (non-hydrogen) atoms. The van der Waals surface area contributed by atoms with Gasteiger partial charge in [0.1, 0.15) is 6.61 Å². The largest absolute Gasteiger partial charge is 0.457 e. The number of nitrogens with two attached hydrogens (primary N) is 1. The molecule has 2 N–H and O–H groups in total. The molecule has 0 spiro atoms. The molecule has 0 saturated carbocycles. The van der Waals surface area contributed by atoms with Crippen molar-refractivity contribution in [3.8, 4) is 0 Å². The number of nitrogen functional groups attached to an aromatic ring is 1. The van der Waals surface area contributed by atoms with Crippen molar-refractivity contribution in [1.29, 1.82) is 0 Å². The van der Waals surface area contributed by atoms with Gasteiger partial charge in [0.25, 0.3) is 0 Å². The molecule has 1 aliphatic rings. The molecule has 0 atom stereocenters. The Morgan fingerprint density at radius 2 is 2.15 bits per heavy atom. The number of benzene rings is 1. The van der Waals surface area contributed by atoms with E-state index in [0.29, 0.717) is 21.8 Å². The van der Waals surface area contributed by atoms with Gasteiger partial charge in [-0.2, -0.15) is 0 Å². The topological polar surface area (TPSA) is 52.3 Å². The summed E-state index contributed by atoms with van der Waals surface area (Å²) in [6.45, 7) is 0.175. The molecule has 1 aromatic carbocycles. The zero-order chi connectivity index (χ0) is 9.59. The molecule has 0 aliphatic carbocycles. The lowest BCUT2D eigenvalue weighted by Gasteiger charge is -2.03. The third-order valence-corrected chi connectivity index (χ3v) is 2.67. The fourth-order valence-electron chi connectivity index (χ4n) is 1.22. The van der Waals surface area contributed by atoms with Crippen LogP contribution < -0.4 is 5.73 Å². The number of rotatable bonds is 0. The lowest BCUT2D eigenvalue weighted by molar-refractivity contribution is 0.0535. The van der Waals surface area contributed by atoms with Gasteiger partial charge in [-0.3, -0.25) is 0 Å². The molecule has 3 nitrogen and oxygen atoms in total. The predicted octanol–water partition coefficient (Wildman–Crippen LogP) is 2.25. The second kappa shape index (κ2) is 2.79. The van der Waals surface area contributed by atoms with Crippen LogP contribution in [0.2, 0.25) is 10.0 Å². The van der Waals surface area contributed by atoms with E-state index in [1.807, 2.05) is 0 Å². The number of hydrogen-bond donors (Lipinski definition) is 1. The van der Waals surface area contributed by atoms with Crippen LogP contribution in [0.4, 0.5) is 5.69 Å². The fraction of sp³-hybridized carbons (Fsp3) is 0.125. The van der Waals surface area contributed by atoms with Crippen LogP contribution in [0, 0.1) is 0 Å². The molecular formula is C8H5Cl2NO2. The summed E-state index contributed by atoms with van der Waals surface area (Å²) in [5.41, 5.74) is 6.89. The smallest absolute Gasteiger partial charge is 0.338 e. The van der Waals surface area contributed by atoms with Crippen molar-refractivity contribution in [3.63, 3.8) is 0 Å². The van der Waals surface area contributed by atoms with Gasteiger partial charge in [-0.1, -0.05) is 23.2 Å². The molecule has 1 heterocycles.